The van der Waals surface area contributed by atoms with Gasteiger partial charge in [0.2, 0.25) is 0 Å². The van der Waals surface area contributed by atoms with E-state index >= 15 is 0 Å². The molecule has 1 saturated heterocycles. The molecule has 0 saturated carbocycles. The molecule has 0 spiro atoms. The number of benzene rings is 1. The third kappa shape index (κ3) is 5.72. The molecule has 1 unspecified atom stereocenters. The fraction of sp³-hybridized carbons (Fsp3) is 0.389. The first-order valence-corrected chi connectivity index (χ1v) is 8.22. The Morgan fingerprint density at radius 2 is 1.96 bits per heavy atom. The summed E-state index contributed by atoms with van der Waals surface area (Å²) in [7, 11) is 0. The Labute approximate surface area is 157 Å². The van der Waals surface area contributed by atoms with E-state index in [0.717, 1.165) is 18.8 Å². The van der Waals surface area contributed by atoms with E-state index in [1.807, 2.05) is 12.1 Å². The molecule has 0 radical (unpaired) electrons. The van der Waals surface area contributed by atoms with Gasteiger partial charge in [-0.2, -0.15) is 0 Å². The van der Waals surface area contributed by atoms with Crippen molar-refractivity contribution >= 4 is 18.3 Å². The lowest BCUT2D eigenvalue weighted by Crippen LogP contribution is -2.44. The van der Waals surface area contributed by atoms with Crippen LogP contribution in [0.3, 0.4) is 0 Å². The number of carbonyl (C=O) groups excluding carboxylic acids is 1. The summed E-state index contributed by atoms with van der Waals surface area (Å²) >= 11 is 0. The van der Waals surface area contributed by atoms with Crippen molar-refractivity contribution in [3.05, 3.63) is 54.2 Å². The normalized spacial score (nSPS) is 15.7. The summed E-state index contributed by atoms with van der Waals surface area (Å²) in [4.78, 5) is 14.3. The summed E-state index contributed by atoms with van der Waals surface area (Å²) in [5, 5.41) is 2.87. The van der Waals surface area contributed by atoms with E-state index in [1.54, 1.807) is 6.26 Å². The van der Waals surface area contributed by atoms with Gasteiger partial charge >= 0.3 is 0 Å². The number of hydrogen-bond acceptors (Lipinski definition) is 5. The number of nitrogens with zero attached hydrogens (tertiary/aromatic N) is 1. The molecule has 1 atom stereocenters. The maximum atomic E-state index is 12.8. The SMILES string of the molecule is Cl.O=C(COc1ccc(F)cc1)NCC(c1ccco1)N1CCOCC1. The lowest BCUT2D eigenvalue weighted by atomic mass is 10.1. The second-order valence-electron chi connectivity index (χ2n) is 5.73. The number of furan rings is 1. The number of amides is 1. The minimum absolute atomic E-state index is 0. The zero-order chi connectivity index (χ0) is 17.5. The van der Waals surface area contributed by atoms with E-state index in [-0.39, 0.29) is 36.8 Å². The number of rotatable bonds is 7. The van der Waals surface area contributed by atoms with Crippen LogP contribution >= 0.6 is 12.4 Å². The van der Waals surface area contributed by atoms with Gasteiger partial charge in [-0.1, -0.05) is 0 Å². The smallest absolute Gasteiger partial charge is 0.258 e. The highest BCUT2D eigenvalue weighted by molar-refractivity contribution is 5.85. The maximum Gasteiger partial charge on any atom is 0.258 e. The highest BCUT2D eigenvalue weighted by Gasteiger charge is 2.25. The van der Waals surface area contributed by atoms with Crippen LogP contribution in [0.25, 0.3) is 0 Å². The van der Waals surface area contributed by atoms with Gasteiger partial charge in [0.1, 0.15) is 17.3 Å². The molecule has 1 fully saturated rings. The lowest BCUT2D eigenvalue weighted by Gasteiger charge is -2.33. The molecule has 1 aromatic heterocycles. The molecule has 1 N–H and O–H groups in total. The predicted octanol–water partition coefficient (Wildman–Crippen LogP) is 2.41. The van der Waals surface area contributed by atoms with Gasteiger partial charge in [-0.15, -0.1) is 12.4 Å². The van der Waals surface area contributed by atoms with E-state index in [2.05, 4.69) is 10.2 Å². The van der Waals surface area contributed by atoms with Gasteiger partial charge in [0, 0.05) is 19.6 Å². The van der Waals surface area contributed by atoms with Crippen molar-refractivity contribution in [3.63, 3.8) is 0 Å². The van der Waals surface area contributed by atoms with Gasteiger partial charge in [-0.25, -0.2) is 4.39 Å². The molecule has 0 aliphatic carbocycles. The Kier molecular flexibility index (Phi) is 7.90. The second-order valence-corrected chi connectivity index (χ2v) is 5.73. The summed E-state index contributed by atoms with van der Waals surface area (Å²) < 4.78 is 29.1. The largest absolute Gasteiger partial charge is 0.484 e. The van der Waals surface area contributed by atoms with Crippen molar-refractivity contribution in [1.82, 2.24) is 10.2 Å². The van der Waals surface area contributed by atoms with Crippen molar-refractivity contribution < 1.29 is 23.1 Å². The van der Waals surface area contributed by atoms with Crippen molar-refractivity contribution in [2.45, 2.75) is 6.04 Å². The molecule has 3 rings (SSSR count). The Morgan fingerprint density at radius 3 is 2.62 bits per heavy atom. The third-order valence-electron chi connectivity index (χ3n) is 4.03. The monoisotopic (exact) mass is 384 g/mol. The van der Waals surface area contributed by atoms with Crippen LogP contribution in [0.15, 0.2) is 47.1 Å². The molecular formula is C18H22ClFN2O4. The molecule has 1 aromatic carbocycles. The number of ether oxygens (including phenoxy) is 2. The van der Waals surface area contributed by atoms with Crippen LogP contribution in [0.4, 0.5) is 4.39 Å². The Hall–Kier alpha value is -2.09. The first-order chi connectivity index (χ1) is 12.2. The Morgan fingerprint density at radius 1 is 1.23 bits per heavy atom. The van der Waals surface area contributed by atoms with Crippen molar-refractivity contribution in [1.29, 1.82) is 0 Å². The number of morpholine rings is 1. The second kappa shape index (κ2) is 10.2. The van der Waals surface area contributed by atoms with Crippen molar-refractivity contribution in [3.8, 4) is 5.75 Å². The van der Waals surface area contributed by atoms with E-state index < -0.39 is 0 Å². The first kappa shape index (κ1) is 20.2. The van der Waals surface area contributed by atoms with Gasteiger partial charge in [0.05, 0.1) is 25.5 Å². The summed E-state index contributed by atoms with van der Waals surface area (Å²) in [6.07, 6.45) is 1.63. The number of carbonyl (C=O) groups is 1. The van der Waals surface area contributed by atoms with E-state index in [9.17, 15) is 9.18 Å². The summed E-state index contributed by atoms with van der Waals surface area (Å²) in [5.74, 6) is 0.673. The minimum Gasteiger partial charge on any atom is -0.484 e. The standard InChI is InChI=1S/C18H21FN2O4.ClH/c19-14-3-5-15(6-4-14)25-13-18(22)20-12-16(17-2-1-9-24-17)21-7-10-23-11-8-21;/h1-6,9,16H,7-8,10-13H2,(H,20,22);1H. The molecule has 1 aliphatic rings. The van der Waals surface area contributed by atoms with Crippen LogP contribution < -0.4 is 10.1 Å². The topological polar surface area (TPSA) is 63.9 Å². The number of halogens is 2. The van der Waals surface area contributed by atoms with Gasteiger partial charge in [-0.05, 0) is 36.4 Å². The Balaban J connectivity index is 0.00000243. The average Bonchev–Trinajstić information content (AvgIpc) is 3.17. The lowest BCUT2D eigenvalue weighted by molar-refractivity contribution is -0.123. The van der Waals surface area contributed by atoms with Gasteiger partial charge < -0.3 is 19.2 Å². The van der Waals surface area contributed by atoms with E-state index in [4.69, 9.17) is 13.9 Å². The van der Waals surface area contributed by atoms with Gasteiger partial charge in [0.25, 0.3) is 5.91 Å². The molecule has 6 nitrogen and oxygen atoms in total. The van der Waals surface area contributed by atoms with Gasteiger partial charge in [0.15, 0.2) is 6.61 Å². The molecule has 2 heterocycles. The zero-order valence-corrected chi connectivity index (χ0v) is 15.0. The first-order valence-electron chi connectivity index (χ1n) is 8.22. The molecule has 142 valence electrons. The van der Waals surface area contributed by atoms with Crippen LogP contribution in [-0.2, 0) is 9.53 Å². The third-order valence-corrected chi connectivity index (χ3v) is 4.03. The fourth-order valence-corrected chi connectivity index (χ4v) is 2.72. The summed E-state index contributed by atoms with van der Waals surface area (Å²) in [6.45, 7) is 3.19. The van der Waals surface area contributed by atoms with Gasteiger partial charge in [-0.3, -0.25) is 9.69 Å². The molecule has 0 bridgehead atoms. The molecule has 26 heavy (non-hydrogen) atoms. The molecule has 1 aliphatic heterocycles. The van der Waals surface area contributed by atoms with Crippen molar-refractivity contribution in [2.24, 2.45) is 0 Å². The highest BCUT2D eigenvalue weighted by Crippen LogP contribution is 2.21. The van der Waals surface area contributed by atoms with E-state index in [1.165, 1.54) is 24.3 Å². The van der Waals surface area contributed by atoms with Crippen molar-refractivity contribution in [2.75, 3.05) is 39.5 Å². The average molecular weight is 385 g/mol. The molecule has 2 aromatic rings. The van der Waals surface area contributed by atoms with E-state index in [0.29, 0.717) is 25.5 Å². The molecule has 8 heteroatoms. The summed E-state index contributed by atoms with van der Waals surface area (Å²) in [5.41, 5.74) is 0. The maximum absolute atomic E-state index is 12.8. The molecule has 1 amide bonds. The predicted molar refractivity (Wildman–Crippen MR) is 96.0 cm³/mol. The van der Waals surface area contributed by atoms with Crippen LogP contribution in [0, 0.1) is 5.82 Å². The van der Waals surface area contributed by atoms with Crippen LogP contribution in [0.1, 0.15) is 11.8 Å². The number of nitrogens with one attached hydrogen (secondary N) is 1. The van der Waals surface area contributed by atoms with Crippen LogP contribution in [0.5, 0.6) is 5.75 Å². The summed E-state index contributed by atoms with van der Waals surface area (Å²) in [6, 6.07) is 9.25. The highest BCUT2D eigenvalue weighted by atomic mass is 35.5. The Bertz CT molecular complexity index is 660. The van der Waals surface area contributed by atoms with Crippen LogP contribution in [-0.4, -0.2) is 50.3 Å². The van der Waals surface area contributed by atoms with Crippen LogP contribution in [0.2, 0.25) is 0 Å². The minimum atomic E-state index is -0.344. The zero-order valence-electron chi connectivity index (χ0n) is 14.2. The fourth-order valence-electron chi connectivity index (χ4n) is 2.72. The quantitative estimate of drug-likeness (QED) is 0.794. The number of hydrogen-bond donors (Lipinski definition) is 1. The molecular weight excluding hydrogens is 363 g/mol.